The van der Waals surface area contributed by atoms with Gasteiger partial charge in [0, 0.05) is 25.7 Å². The van der Waals surface area contributed by atoms with Gasteiger partial charge in [0.15, 0.2) is 0 Å². The molecule has 1 amide bonds. The number of rotatable bonds is 4. The smallest absolute Gasteiger partial charge is 0.236 e. The summed E-state index contributed by atoms with van der Waals surface area (Å²) in [4.78, 5) is 16.8. The van der Waals surface area contributed by atoms with Gasteiger partial charge < -0.3 is 10.0 Å². The highest BCUT2D eigenvalue weighted by Gasteiger charge is 2.30. The van der Waals surface area contributed by atoms with E-state index in [2.05, 4.69) is 16.7 Å². The summed E-state index contributed by atoms with van der Waals surface area (Å²) >= 11 is 0. The summed E-state index contributed by atoms with van der Waals surface area (Å²) in [6, 6.07) is 0.467. The van der Waals surface area contributed by atoms with Crippen molar-refractivity contribution >= 4 is 5.91 Å². The third kappa shape index (κ3) is 4.19. The summed E-state index contributed by atoms with van der Waals surface area (Å²) in [5, 5.41) is 9.96. The van der Waals surface area contributed by atoms with Crippen LogP contribution in [0.5, 0.6) is 0 Å². The Labute approximate surface area is 123 Å². The van der Waals surface area contributed by atoms with Crippen molar-refractivity contribution in [3.8, 4) is 0 Å². The van der Waals surface area contributed by atoms with Gasteiger partial charge in [0.25, 0.3) is 0 Å². The van der Waals surface area contributed by atoms with Gasteiger partial charge in [-0.3, -0.25) is 9.69 Å². The molecule has 1 aliphatic carbocycles. The van der Waals surface area contributed by atoms with Crippen LogP contribution in [0.4, 0.5) is 0 Å². The number of carbonyl (C=O) groups is 1. The number of carbonyl (C=O) groups excluding carboxylic acids is 1. The van der Waals surface area contributed by atoms with Crippen molar-refractivity contribution in [1.29, 1.82) is 0 Å². The molecule has 1 aliphatic heterocycles. The van der Waals surface area contributed by atoms with Crippen LogP contribution < -0.4 is 0 Å². The number of nitrogens with zero attached hydrogens (tertiary/aromatic N) is 2. The molecule has 20 heavy (non-hydrogen) atoms. The largest absolute Gasteiger partial charge is 0.390 e. The third-order valence-electron chi connectivity index (χ3n) is 4.97. The molecule has 2 fully saturated rings. The van der Waals surface area contributed by atoms with Crippen molar-refractivity contribution in [1.82, 2.24) is 9.80 Å². The second-order valence-electron chi connectivity index (χ2n) is 6.74. The average Bonchev–Trinajstić information content (AvgIpc) is 2.43. The second kappa shape index (κ2) is 6.90. The molecule has 116 valence electrons. The normalized spacial score (nSPS) is 24.6. The molecule has 0 radical (unpaired) electrons. The van der Waals surface area contributed by atoms with Crippen LogP contribution in [-0.4, -0.2) is 58.6 Å². The van der Waals surface area contributed by atoms with Gasteiger partial charge in [-0.15, -0.1) is 0 Å². The Morgan fingerprint density at radius 1 is 1.25 bits per heavy atom. The molecule has 0 atom stereocenters. The molecule has 4 nitrogen and oxygen atoms in total. The molecule has 0 unspecified atom stereocenters. The van der Waals surface area contributed by atoms with E-state index in [-0.39, 0.29) is 5.91 Å². The molecule has 1 N–H and O–H groups in total. The first kappa shape index (κ1) is 15.8. The van der Waals surface area contributed by atoms with Gasteiger partial charge in [0.2, 0.25) is 5.91 Å². The first-order valence-electron chi connectivity index (χ1n) is 8.26. The van der Waals surface area contributed by atoms with Crippen LogP contribution in [0.2, 0.25) is 0 Å². The zero-order chi connectivity index (χ0) is 14.6. The van der Waals surface area contributed by atoms with E-state index in [9.17, 15) is 9.90 Å². The van der Waals surface area contributed by atoms with E-state index in [1.807, 2.05) is 6.92 Å². The standard InChI is InChI=1S/C16H30N2O2/c1-3-18(14-7-5-4-6-8-14)15(19)13-17-11-9-16(2,20)10-12-17/h14,20H,3-13H2,1-2H3. The molecule has 2 rings (SSSR count). The Hall–Kier alpha value is -0.610. The lowest BCUT2D eigenvalue weighted by Crippen LogP contribution is -2.49. The quantitative estimate of drug-likeness (QED) is 0.858. The van der Waals surface area contributed by atoms with E-state index >= 15 is 0 Å². The molecule has 1 saturated heterocycles. The lowest BCUT2D eigenvalue weighted by atomic mass is 9.93. The molecule has 4 heteroatoms. The molecule has 1 heterocycles. The van der Waals surface area contributed by atoms with Crippen LogP contribution in [0.1, 0.15) is 58.8 Å². The maximum atomic E-state index is 12.5. The second-order valence-corrected chi connectivity index (χ2v) is 6.74. The SMILES string of the molecule is CCN(C(=O)CN1CCC(C)(O)CC1)C1CCCCC1. The first-order chi connectivity index (χ1) is 9.52. The monoisotopic (exact) mass is 282 g/mol. The minimum atomic E-state index is -0.534. The number of likely N-dealkylation sites (tertiary alicyclic amines) is 1. The van der Waals surface area contributed by atoms with E-state index in [1.165, 1.54) is 32.1 Å². The summed E-state index contributed by atoms with van der Waals surface area (Å²) in [5.41, 5.74) is -0.534. The summed E-state index contributed by atoms with van der Waals surface area (Å²) in [7, 11) is 0. The fourth-order valence-corrected chi connectivity index (χ4v) is 3.51. The number of piperidine rings is 1. The zero-order valence-corrected chi connectivity index (χ0v) is 13.1. The van der Waals surface area contributed by atoms with Gasteiger partial charge in [-0.05, 0) is 39.5 Å². The summed E-state index contributed by atoms with van der Waals surface area (Å²) in [6.45, 7) is 7.01. The molecule has 0 aromatic carbocycles. The third-order valence-corrected chi connectivity index (χ3v) is 4.97. The van der Waals surface area contributed by atoms with Crippen molar-refractivity contribution in [3.63, 3.8) is 0 Å². The van der Waals surface area contributed by atoms with Crippen LogP contribution in [0.15, 0.2) is 0 Å². The van der Waals surface area contributed by atoms with Crippen molar-refractivity contribution in [2.45, 2.75) is 70.4 Å². The molecule has 2 aliphatic rings. The number of likely N-dealkylation sites (N-methyl/N-ethyl adjacent to an activating group) is 1. The molecule has 1 saturated carbocycles. The Morgan fingerprint density at radius 3 is 2.40 bits per heavy atom. The zero-order valence-electron chi connectivity index (χ0n) is 13.1. The molecule has 0 aromatic heterocycles. The lowest BCUT2D eigenvalue weighted by molar-refractivity contribution is -0.136. The van der Waals surface area contributed by atoms with Gasteiger partial charge in [-0.1, -0.05) is 19.3 Å². The van der Waals surface area contributed by atoms with E-state index in [0.29, 0.717) is 12.6 Å². The number of amides is 1. The lowest BCUT2D eigenvalue weighted by Gasteiger charge is -2.38. The number of hydrogen-bond donors (Lipinski definition) is 1. The van der Waals surface area contributed by atoms with Gasteiger partial charge in [0.1, 0.15) is 0 Å². The van der Waals surface area contributed by atoms with Gasteiger partial charge in [0.05, 0.1) is 12.1 Å². The van der Waals surface area contributed by atoms with Crippen molar-refractivity contribution in [3.05, 3.63) is 0 Å². The fourth-order valence-electron chi connectivity index (χ4n) is 3.51. The van der Waals surface area contributed by atoms with Crippen LogP contribution >= 0.6 is 0 Å². The van der Waals surface area contributed by atoms with Crippen LogP contribution in [0.25, 0.3) is 0 Å². The van der Waals surface area contributed by atoms with Gasteiger partial charge in [-0.25, -0.2) is 0 Å². The molecule has 0 bridgehead atoms. The van der Waals surface area contributed by atoms with Crippen molar-refractivity contribution in [2.24, 2.45) is 0 Å². The van der Waals surface area contributed by atoms with E-state index in [4.69, 9.17) is 0 Å². The van der Waals surface area contributed by atoms with Gasteiger partial charge in [-0.2, -0.15) is 0 Å². The first-order valence-corrected chi connectivity index (χ1v) is 8.26. The Bertz CT molecular complexity index is 314. The Kier molecular flexibility index (Phi) is 5.44. The maximum absolute atomic E-state index is 12.5. The Morgan fingerprint density at radius 2 is 1.85 bits per heavy atom. The number of hydrogen-bond acceptors (Lipinski definition) is 3. The average molecular weight is 282 g/mol. The van der Waals surface area contributed by atoms with E-state index in [1.54, 1.807) is 0 Å². The number of aliphatic hydroxyl groups is 1. The topological polar surface area (TPSA) is 43.8 Å². The van der Waals surface area contributed by atoms with E-state index in [0.717, 1.165) is 32.5 Å². The Balaban J connectivity index is 1.83. The highest BCUT2D eigenvalue weighted by molar-refractivity contribution is 5.78. The molecule has 0 spiro atoms. The van der Waals surface area contributed by atoms with Crippen LogP contribution in [-0.2, 0) is 4.79 Å². The predicted molar refractivity (Wildman–Crippen MR) is 80.6 cm³/mol. The minimum Gasteiger partial charge on any atom is -0.390 e. The van der Waals surface area contributed by atoms with Crippen LogP contribution in [0, 0.1) is 0 Å². The van der Waals surface area contributed by atoms with Gasteiger partial charge >= 0.3 is 0 Å². The maximum Gasteiger partial charge on any atom is 0.236 e. The van der Waals surface area contributed by atoms with Crippen LogP contribution in [0.3, 0.4) is 0 Å². The minimum absolute atomic E-state index is 0.279. The highest BCUT2D eigenvalue weighted by atomic mass is 16.3. The highest BCUT2D eigenvalue weighted by Crippen LogP contribution is 2.24. The molecular weight excluding hydrogens is 252 g/mol. The molecular formula is C16H30N2O2. The fraction of sp³-hybridized carbons (Fsp3) is 0.938. The van der Waals surface area contributed by atoms with Crippen molar-refractivity contribution < 1.29 is 9.90 Å². The van der Waals surface area contributed by atoms with Crippen molar-refractivity contribution in [2.75, 3.05) is 26.2 Å². The summed E-state index contributed by atoms with van der Waals surface area (Å²) in [5.74, 6) is 0.279. The summed E-state index contributed by atoms with van der Waals surface area (Å²) < 4.78 is 0. The van der Waals surface area contributed by atoms with E-state index < -0.39 is 5.60 Å². The molecule has 0 aromatic rings. The summed E-state index contributed by atoms with van der Waals surface area (Å²) in [6.07, 6.45) is 7.75. The predicted octanol–water partition coefficient (Wildman–Crippen LogP) is 2.01.